The van der Waals surface area contributed by atoms with E-state index in [9.17, 15) is 4.79 Å². The molecule has 2 rings (SSSR count). The zero-order valence-electron chi connectivity index (χ0n) is 8.02. The summed E-state index contributed by atoms with van der Waals surface area (Å²) in [5.41, 5.74) is 0. The molecule has 2 aliphatic heterocycles. The van der Waals surface area contributed by atoms with Crippen molar-refractivity contribution < 1.29 is 19.4 Å². The van der Waals surface area contributed by atoms with Crippen LogP contribution in [0, 0.1) is 0 Å². The van der Waals surface area contributed by atoms with Gasteiger partial charge in [0.1, 0.15) is 6.10 Å². The number of nitrogens with zero attached hydrogens (tertiary/aromatic N) is 1. The zero-order valence-corrected chi connectivity index (χ0v) is 8.02. The lowest BCUT2D eigenvalue weighted by Gasteiger charge is -2.30. The van der Waals surface area contributed by atoms with Crippen molar-refractivity contribution in [2.75, 3.05) is 26.3 Å². The molecule has 80 valence electrons. The number of carboxylic acid groups (broad SMARTS) is 1. The Morgan fingerprint density at radius 1 is 1.64 bits per heavy atom. The van der Waals surface area contributed by atoms with E-state index in [0.717, 1.165) is 19.4 Å². The summed E-state index contributed by atoms with van der Waals surface area (Å²) in [5.74, 6) is 0. The second kappa shape index (κ2) is 4.14. The molecule has 0 saturated carbocycles. The van der Waals surface area contributed by atoms with E-state index in [1.54, 1.807) is 0 Å². The Balaban J connectivity index is 1.72. The first-order valence-corrected chi connectivity index (χ1v) is 4.97. The van der Waals surface area contributed by atoms with Crippen LogP contribution in [0.5, 0.6) is 0 Å². The zero-order chi connectivity index (χ0) is 9.97. The molecule has 2 heterocycles. The van der Waals surface area contributed by atoms with E-state index in [4.69, 9.17) is 14.6 Å². The quantitative estimate of drug-likeness (QED) is 0.677. The van der Waals surface area contributed by atoms with Crippen LogP contribution in [0.15, 0.2) is 0 Å². The standard InChI is InChI=1S/C9H15NO4/c11-9(12)10-3-1-2-7(4-10)13-5-8-6-14-8/h7-8H,1-6H2,(H,11,12). The summed E-state index contributed by atoms with van der Waals surface area (Å²) in [6.07, 6.45) is 1.32. The predicted molar refractivity (Wildman–Crippen MR) is 48.3 cm³/mol. The predicted octanol–water partition coefficient (Wildman–Crippen LogP) is 0.544. The van der Waals surface area contributed by atoms with Crippen LogP contribution < -0.4 is 0 Å². The van der Waals surface area contributed by atoms with Gasteiger partial charge in [0.15, 0.2) is 0 Å². The van der Waals surface area contributed by atoms with E-state index in [2.05, 4.69) is 0 Å². The maximum Gasteiger partial charge on any atom is 0.407 e. The van der Waals surface area contributed by atoms with E-state index in [1.165, 1.54) is 4.90 Å². The second-order valence-electron chi connectivity index (χ2n) is 3.78. The minimum Gasteiger partial charge on any atom is -0.465 e. The van der Waals surface area contributed by atoms with Gasteiger partial charge >= 0.3 is 6.09 Å². The van der Waals surface area contributed by atoms with Gasteiger partial charge in [-0.15, -0.1) is 0 Å². The topological polar surface area (TPSA) is 62.3 Å². The van der Waals surface area contributed by atoms with Crippen molar-refractivity contribution in [2.45, 2.75) is 25.0 Å². The summed E-state index contributed by atoms with van der Waals surface area (Å²) in [6.45, 7) is 2.53. The van der Waals surface area contributed by atoms with E-state index >= 15 is 0 Å². The smallest absolute Gasteiger partial charge is 0.407 e. The molecule has 2 unspecified atom stereocenters. The molecule has 2 aliphatic rings. The van der Waals surface area contributed by atoms with Crippen molar-refractivity contribution in [3.63, 3.8) is 0 Å². The molecular weight excluding hydrogens is 186 g/mol. The highest BCUT2D eigenvalue weighted by Gasteiger charge is 2.27. The SMILES string of the molecule is O=C(O)N1CCCC(OCC2CO2)C1. The van der Waals surface area contributed by atoms with Crippen molar-refractivity contribution >= 4 is 6.09 Å². The molecule has 1 amide bonds. The highest BCUT2D eigenvalue weighted by Crippen LogP contribution is 2.16. The van der Waals surface area contributed by atoms with Crippen LogP contribution >= 0.6 is 0 Å². The van der Waals surface area contributed by atoms with Gasteiger partial charge < -0.3 is 19.5 Å². The molecule has 2 saturated heterocycles. The summed E-state index contributed by atoms with van der Waals surface area (Å²) in [6, 6.07) is 0. The van der Waals surface area contributed by atoms with Crippen LogP contribution in [0.1, 0.15) is 12.8 Å². The number of hydrogen-bond acceptors (Lipinski definition) is 3. The van der Waals surface area contributed by atoms with Gasteiger partial charge in [-0.1, -0.05) is 0 Å². The van der Waals surface area contributed by atoms with Crippen LogP contribution in [0.3, 0.4) is 0 Å². The molecule has 0 aliphatic carbocycles. The van der Waals surface area contributed by atoms with Gasteiger partial charge in [0.25, 0.3) is 0 Å². The van der Waals surface area contributed by atoms with Crippen molar-refractivity contribution in [3.8, 4) is 0 Å². The average Bonchev–Trinajstić information content (AvgIpc) is 2.99. The van der Waals surface area contributed by atoms with Crippen LogP contribution in [0.2, 0.25) is 0 Å². The Labute approximate surface area is 82.6 Å². The third-order valence-electron chi connectivity index (χ3n) is 2.57. The molecule has 0 bridgehead atoms. The summed E-state index contributed by atoms with van der Waals surface area (Å²) < 4.78 is 10.6. The number of carbonyl (C=O) groups is 1. The fourth-order valence-electron chi connectivity index (χ4n) is 1.66. The molecule has 0 aromatic heterocycles. The number of hydrogen-bond donors (Lipinski definition) is 1. The maximum absolute atomic E-state index is 10.7. The number of rotatable bonds is 3. The fraction of sp³-hybridized carbons (Fsp3) is 0.889. The van der Waals surface area contributed by atoms with Gasteiger partial charge in [-0.05, 0) is 12.8 Å². The van der Waals surface area contributed by atoms with E-state index in [1.807, 2.05) is 0 Å². The van der Waals surface area contributed by atoms with Crippen LogP contribution in [-0.2, 0) is 9.47 Å². The number of likely N-dealkylation sites (tertiary alicyclic amines) is 1. The van der Waals surface area contributed by atoms with Gasteiger partial charge in [-0.3, -0.25) is 0 Å². The second-order valence-corrected chi connectivity index (χ2v) is 3.78. The van der Waals surface area contributed by atoms with Gasteiger partial charge in [0.05, 0.1) is 25.9 Å². The first-order valence-electron chi connectivity index (χ1n) is 4.97. The minimum absolute atomic E-state index is 0.0593. The third-order valence-corrected chi connectivity index (χ3v) is 2.57. The van der Waals surface area contributed by atoms with E-state index in [-0.39, 0.29) is 12.2 Å². The fourth-order valence-corrected chi connectivity index (χ4v) is 1.66. The molecule has 14 heavy (non-hydrogen) atoms. The lowest BCUT2D eigenvalue weighted by Crippen LogP contribution is -2.42. The molecule has 2 fully saturated rings. The Hall–Kier alpha value is -0.810. The molecular formula is C9H15NO4. The van der Waals surface area contributed by atoms with Crippen LogP contribution in [-0.4, -0.2) is 54.6 Å². The average molecular weight is 201 g/mol. The number of amides is 1. The first kappa shape index (κ1) is 9.73. The normalized spacial score (nSPS) is 31.6. The lowest BCUT2D eigenvalue weighted by atomic mass is 10.1. The molecule has 5 heteroatoms. The molecule has 0 spiro atoms. The molecule has 0 aromatic rings. The Kier molecular flexibility index (Phi) is 2.88. The molecule has 1 N–H and O–H groups in total. The number of piperidine rings is 1. The Morgan fingerprint density at radius 3 is 3.07 bits per heavy atom. The molecule has 5 nitrogen and oxygen atoms in total. The number of epoxide rings is 1. The molecule has 0 radical (unpaired) electrons. The highest BCUT2D eigenvalue weighted by molar-refractivity contribution is 5.65. The third kappa shape index (κ3) is 2.59. The van der Waals surface area contributed by atoms with Crippen molar-refractivity contribution in [1.82, 2.24) is 4.90 Å². The van der Waals surface area contributed by atoms with Crippen molar-refractivity contribution in [1.29, 1.82) is 0 Å². The molecule has 2 atom stereocenters. The maximum atomic E-state index is 10.7. The summed E-state index contributed by atoms with van der Waals surface area (Å²) in [5, 5.41) is 8.79. The van der Waals surface area contributed by atoms with Crippen LogP contribution in [0.4, 0.5) is 4.79 Å². The van der Waals surface area contributed by atoms with Gasteiger partial charge in [0.2, 0.25) is 0 Å². The van der Waals surface area contributed by atoms with Gasteiger partial charge in [-0.2, -0.15) is 0 Å². The van der Waals surface area contributed by atoms with Gasteiger partial charge in [0, 0.05) is 6.54 Å². The highest BCUT2D eigenvalue weighted by atomic mass is 16.6. The Bertz CT molecular complexity index is 217. The number of ether oxygens (including phenoxy) is 2. The summed E-state index contributed by atoms with van der Waals surface area (Å²) in [4.78, 5) is 12.1. The lowest BCUT2D eigenvalue weighted by molar-refractivity contribution is -0.00280. The van der Waals surface area contributed by atoms with Crippen molar-refractivity contribution in [3.05, 3.63) is 0 Å². The summed E-state index contributed by atoms with van der Waals surface area (Å²) >= 11 is 0. The Morgan fingerprint density at radius 2 is 2.43 bits per heavy atom. The first-order chi connectivity index (χ1) is 6.75. The minimum atomic E-state index is -0.846. The van der Waals surface area contributed by atoms with Crippen LogP contribution in [0.25, 0.3) is 0 Å². The van der Waals surface area contributed by atoms with E-state index in [0.29, 0.717) is 19.7 Å². The van der Waals surface area contributed by atoms with Gasteiger partial charge in [-0.25, -0.2) is 4.79 Å². The largest absolute Gasteiger partial charge is 0.465 e. The van der Waals surface area contributed by atoms with Crippen molar-refractivity contribution in [2.24, 2.45) is 0 Å². The van der Waals surface area contributed by atoms with E-state index < -0.39 is 6.09 Å². The monoisotopic (exact) mass is 201 g/mol. The molecule has 0 aromatic carbocycles. The summed E-state index contributed by atoms with van der Waals surface area (Å²) in [7, 11) is 0.